The Balaban J connectivity index is 2.52. The average molecular weight is 239 g/mol. The van der Waals surface area contributed by atoms with E-state index in [-0.39, 0.29) is 0 Å². The number of hydrogen-bond acceptors (Lipinski definition) is 3. The average Bonchev–Trinajstić information content (AvgIpc) is 2.23. The van der Waals surface area contributed by atoms with Crippen molar-refractivity contribution >= 4 is 11.6 Å². The van der Waals surface area contributed by atoms with E-state index in [0.29, 0.717) is 28.8 Å². The fourth-order valence-corrected chi connectivity index (χ4v) is 1.19. The Kier molecular flexibility index (Phi) is 4.73. The lowest BCUT2D eigenvalue weighted by atomic mass is 10.3. The molecule has 0 unspecified atom stereocenters. The zero-order valence-electron chi connectivity index (χ0n) is 9.11. The fraction of sp³-hybridized carbons (Fsp3) is 0.167. The highest BCUT2D eigenvalue weighted by molar-refractivity contribution is 6.30. The number of hydrogen-bond donors (Lipinski definition) is 2. The molecule has 0 heterocycles. The first-order valence-corrected chi connectivity index (χ1v) is 5.22. The minimum atomic E-state index is 0.310. The standard InChI is InChI=1S/C12H15ClN2O/c1-9(14)5-6-11(15)8-16-12-4-2-3-10(13)7-12/h2-7H,8,14-15H2,1H3/b9-5-,11-6-. The van der Waals surface area contributed by atoms with Gasteiger partial charge in [0, 0.05) is 16.4 Å². The maximum absolute atomic E-state index is 5.81. The third-order valence-electron chi connectivity index (χ3n) is 1.76. The summed E-state index contributed by atoms with van der Waals surface area (Å²) in [5, 5.41) is 0.637. The van der Waals surface area contributed by atoms with Crippen LogP contribution in [-0.4, -0.2) is 6.61 Å². The largest absolute Gasteiger partial charge is 0.487 e. The third kappa shape index (κ3) is 4.75. The normalized spacial score (nSPS) is 12.6. The summed E-state index contributed by atoms with van der Waals surface area (Å²) in [5.41, 5.74) is 12.5. The summed E-state index contributed by atoms with van der Waals surface area (Å²) < 4.78 is 5.43. The number of benzene rings is 1. The van der Waals surface area contributed by atoms with Crippen LogP contribution in [0.2, 0.25) is 5.02 Å². The van der Waals surface area contributed by atoms with Crippen molar-refractivity contribution in [1.29, 1.82) is 0 Å². The Morgan fingerprint density at radius 1 is 1.38 bits per heavy atom. The second-order valence-corrected chi connectivity index (χ2v) is 3.83. The number of ether oxygens (including phenoxy) is 1. The molecule has 4 heteroatoms. The highest BCUT2D eigenvalue weighted by Crippen LogP contribution is 2.17. The smallest absolute Gasteiger partial charge is 0.127 e. The van der Waals surface area contributed by atoms with Crippen LogP contribution in [0.1, 0.15) is 6.92 Å². The minimum absolute atomic E-state index is 0.310. The molecular weight excluding hydrogens is 224 g/mol. The summed E-state index contributed by atoms with van der Waals surface area (Å²) in [5.74, 6) is 0.692. The minimum Gasteiger partial charge on any atom is -0.487 e. The van der Waals surface area contributed by atoms with Crippen molar-refractivity contribution in [2.75, 3.05) is 6.61 Å². The van der Waals surface area contributed by atoms with Crippen molar-refractivity contribution in [3.8, 4) is 5.75 Å². The van der Waals surface area contributed by atoms with E-state index >= 15 is 0 Å². The predicted octanol–water partition coefficient (Wildman–Crippen LogP) is 2.42. The molecule has 0 radical (unpaired) electrons. The Bertz CT molecular complexity index is 409. The van der Waals surface area contributed by atoms with E-state index < -0.39 is 0 Å². The lowest BCUT2D eigenvalue weighted by molar-refractivity contribution is 0.350. The topological polar surface area (TPSA) is 61.3 Å². The Morgan fingerprint density at radius 3 is 2.75 bits per heavy atom. The van der Waals surface area contributed by atoms with E-state index in [1.165, 1.54) is 0 Å². The van der Waals surface area contributed by atoms with E-state index in [0.717, 1.165) is 0 Å². The monoisotopic (exact) mass is 238 g/mol. The maximum Gasteiger partial charge on any atom is 0.127 e. The number of nitrogens with two attached hydrogens (primary N) is 2. The van der Waals surface area contributed by atoms with Crippen LogP contribution in [0.5, 0.6) is 5.75 Å². The third-order valence-corrected chi connectivity index (χ3v) is 2.00. The molecular formula is C12H15ClN2O. The molecule has 0 bridgehead atoms. The molecule has 4 N–H and O–H groups in total. The SMILES string of the molecule is C/C(N)=C/C=C(\N)COc1cccc(Cl)c1. The van der Waals surface area contributed by atoms with Crippen LogP contribution < -0.4 is 16.2 Å². The van der Waals surface area contributed by atoms with Gasteiger partial charge in [-0.15, -0.1) is 0 Å². The number of allylic oxidation sites excluding steroid dienone is 3. The Labute approximate surface area is 100 Å². The Morgan fingerprint density at radius 2 is 2.12 bits per heavy atom. The molecule has 0 aliphatic heterocycles. The van der Waals surface area contributed by atoms with Crippen LogP contribution in [-0.2, 0) is 0 Å². The summed E-state index contributed by atoms with van der Waals surface area (Å²) in [6, 6.07) is 7.16. The molecule has 1 aromatic rings. The van der Waals surface area contributed by atoms with Crippen molar-refractivity contribution in [2.45, 2.75) is 6.92 Å². The van der Waals surface area contributed by atoms with Crippen molar-refractivity contribution < 1.29 is 4.74 Å². The second kappa shape index (κ2) is 6.08. The van der Waals surface area contributed by atoms with Gasteiger partial charge in [0.25, 0.3) is 0 Å². The van der Waals surface area contributed by atoms with Gasteiger partial charge in [-0.1, -0.05) is 17.7 Å². The summed E-state index contributed by atoms with van der Waals surface area (Å²) >= 11 is 5.81. The zero-order chi connectivity index (χ0) is 12.0. The van der Waals surface area contributed by atoms with Crippen LogP contribution in [0.3, 0.4) is 0 Å². The number of halogens is 1. The molecule has 0 fully saturated rings. The van der Waals surface area contributed by atoms with Gasteiger partial charge >= 0.3 is 0 Å². The van der Waals surface area contributed by atoms with Gasteiger partial charge in [0.2, 0.25) is 0 Å². The van der Waals surface area contributed by atoms with Crippen LogP contribution >= 0.6 is 11.6 Å². The molecule has 0 saturated heterocycles. The van der Waals surface area contributed by atoms with Crippen molar-refractivity contribution in [3.63, 3.8) is 0 Å². The first-order valence-electron chi connectivity index (χ1n) is 4.84. The molecule has 16 heavy (non-hydrogen) atoms. The highest BCUT2D eigenvalue weighted by atomic mass is 35.5. The summed E-state index contributed by atoms with van der Waals surface area (Å²) in [7, 11) is 0. The van der Waals surface area contributed by atoms with E-state index in [4.69, 9.17) is 27.8 Å². The molecule has 0 saturated carbocycles. The predicted molar refractivity (Wildman–Crippen MR) is 67.2 cm³/mol. The lowest BCUT2D eigenvalue weighted by Gasteiger charge is -2.05. The Hall–Kier alpha value is -1.61. The van der Waals surface area contributed by atoms with Gasteiger partial charge in [-0.05, 0) is 37.3 Å². The maximum atomic E-state index is 5.81. The molecule has 0 aliphatic carbocycles. The molecule has 0 atom stereocenters. The summed E-state index contributed by atoms with van der Waals surface area (Å²) in [6.45, 7) is 2.10. The van der Waals surface area contributed by atoms with Crippen molar-refractivity contribution in [1.82, 2.24) is 0 Å². The lowest BCUT2D eigenvalue weighted by Crippen LogP contribution is -2.08. The first-order chi connectivity index (χ1) is 7.58. The van der Waals surface area contributed by atoms with Crippen molar-refractivity contribution in [2.24, 2.45) is 11.5 Å². The molecule has 1 rings (SSSR count). The van der Waals surface area contributed by atoms with Crippen LogP contribution in [0.15, 0.2) is 47.8 Å². The molecule has 3 nitrogen and oxygen atoms in total. The van der Waals surface area contributed by atoms with Crippen LogP contribution in [0, 0.1) is 0 Å². The van der Waals surface area contributed by atoms with Gasteiger partial charge in [0.05, 0.1) is 0 Å². The fourth-order valence-electron chi connectivity index (χ4n) is 1.01. The van der Waals surface area contributed by atoms with E-state index in [1.54, 1.807) is 31.2 Å². The summed E-state index contributed by atoms with van der Waals surface area (Å²) in [4.78, 5) is 0. The molecule has 0 aromatic heterocycles. The van der Waals surface area contributed by atoms with Gasteiger partial charge in [-0.25, -0.2) is 0 Å². The van der Waals surface area contributed by atoms with Crippen LogP contribution in [0.4, 0.5) is 0 Å². The molecule has 0 spiro atoms. The molecule has 1 aromatic carbocycles. The van der Waals surface area contributed by atoms with E-state index in [2.05, 4.69) is 0 Å². The van der Waals surface area contributed by atoms with Gasteiger partial charge in [-0.3, -0.25) is 0 Å². The highest BCUT2D eigenvalue weighted by Gasteiger charge is 1.95. The van der Waals surface area contributed by atoms with E-state index in [1.807, 2.05) is 12.1 Å². The van der Waals surface area contributed by atoms with Gasteiger partial charge in [0.1, 0.15) is 12.4 Å². The first kappa shape index (κ1) is 12.5. The molecule has 86 valence electrons. The van der Waals surface area contributed by atoms with E-state index in [9.17, 15) is 0 Å². The molecule has 0 amide bonds. The van der Waals surface area contributed by atoms with Gasteiger partial charge in [0.15, 0.2) is 0 Å². The number of rotatable bonds is 4. The molecule has 0 aliphatic rings. The second-order valence-electron chi connectivity index (χ2n) is 3.40. The summed E-state index contributed by atoms with van der Waals surface area (Å²) in [6.07, 6.45) is 3.45. The van der Waals surface area contributed by atoms with Crippen LogP contribution in [0.25, 0.3) is 0 Å². The van der Waals surface area contributed by atoms with Crippen molar-refractivity contribution in [3.05, 3.63) is 52.8 Å². The zero-order valence-corrected chi connectivity index (χ0v) is 9.87. The van der Waals surface area contributed by atoms with Gasteiger partial charge in [-0.2, -0.15) is 0 Å². The van der Waals surface area contributed by atoms with Gasteiger partial charge < -0.3 is 16.2 Å². The quantitative estimate of drug-likeness (QED) is 0.792.